The molecule has 0 aromatic rings. The van der Waals surface area contributed by atoms with E-state index in [9.17, 15) is 4.79 Å². The monoisotopic (exact) mass is 602 g/mol. The van der Waals surface area contributed by atoms with Crippen LogP contribution in [0.2, 0.25) is 36.3 Å². The van der Waals surface area contributed by atoms with E-state index in [1.807, 2.05) is 0 Å². The minimum Gasteiger partial charge on any atom is -0.413 e. The van der Waals surface area contributed by atoms with Crippen molar-refractivity contribution in [2.24, 2.45) is 11.3 Å². The standard InChI is InChI=1S/C34H58O3SSi2/c1-24-27(17-16-26-15-14-20-34(9)28(18-19-30(26)34)23-38-25(2)35)21-29(36-39(10,11)32(3,4)5)22-31(24)37-40(12,13)33(6,7)8/h16-18,29-31H,1,14-15,19-23H2,2-13H3/b26-16+,27-17-/t29-,30+,31+,34-/m1/s1. The van der Waals surface area contributed by atoms with Crippen molar-refractivity contribution in [1.29, 1.82) is 0 Å². The largest absolute Gasteiger partial charge is 0.413 e. The van der Waals surface area contributed by atoms with Crippen LogP contribution in [0.25, 0.3) is 0 Å². The summed E-state index contributed by atoms with van der Waals surface area (Å²) in [5, 5.41) is 0.528. The Morgan fingerprint density at radius 3 is 2.25 bits per heavy atom. The summed E-state index contributed by atoms with van der Waals surface area (Å²) < 4.78 is 14.1. The van der Waals surface area contributed by atoms with Crippen LogP contribution < -0.4 is 0 Å². The molecular formula is C34H58O3SSi2. The predicted molar refractivity (Wildman–Crippen MR) is 180 cm³/mol. The van der Waals surface area contributed by atoms with Crippen LogP contribution >= 0.6 is 11.8 Å². The van der Waals surface area contributed by atoms with E-state index in [0.29, 0.717) is 5.92 Å². The van der Waals surface area contributed by atoms with Gasteiger partial charge in [-0.25, -0.2) is 0 Å². The number of carbonyl (C=O) groups is 1. The molecule has 6 heteroatoms. The van der Waals surface area contributed by atoms with Crippen molar-refractivity contribution in [3.63, 3.8) is 0 Å². The van der Waals surface area contributed by atoms with Crippen molar-refractivity contribution >= 4 is 33.5 Å². The van der Waals surface area contributed by atoms with Gasteiger partial charge in [0.25, 0.3) is 0 Å². The molecule has 0 heterocycles. The first-order chi connectivity index (χ1) is 18.2. The Morgan fingerprint density at radius 1 is 1.07 bits per heavy atom. The highest BCUT2D eigenvalue weighted by Crippen LogP contribution is 2.55. The fourth-order valence-electron chi connectivity index (χ4n) is 6.07. The fourth-order valence-corrected chi connectivity index (χ4v) is 9.55. The van der Waals surface area contributed by atoms with Crippen molar-refractivity contribution in [1.82, 2.24) is 0 Å². The molecule has 3 aliphatic carbocycles. The Kier molecular flexibility index (Phi) is 10.3. The molecule has 0 aromatic heterocycles. The lowest BCUT2D eigenvalue weighted by Crippen LogP contribution is -2.49. The maximum Gasteiger partial charge on any atom is 0.192 e. The zero-order valence-corrected chi connectivity index (χ0v) is 30.6. The van der Waals surface area contributed by atoms with E-state index in [2.05, 4.69) is 99.5 Å². The van der Waals surface area contributed by atoms with Gasteiger partial charge >= 0.3 is 0 Å². The molecule has 0 bridgehead atoms. The predicted octanol–water partition coefficient (Wildman–Crippen LogP) is 10.4. The number of hydrogen-bond acceptors (Lipinski definition) is 4. The highest BCUT2D eigenvalue weighted by molar-refractivity contribution is 8.13. The Labute approximate surface area is 253 Å². The van der Waals surface area contributed by atoms with Crippen LogP contribution in [0.5, 0.6) is 0 Å². The first kappa shape index (κ1) is 33.8. The van der Waals surface area contributed by atoms with E-state index in [4.69, 9.17) is 8.85 Å². The summed E-state index contributed by atoms with van der Waals surface area (Å²) in [5.74, 6) is 1.38. The van der Waals surface area contributed by atoms with E-state index in [1.165, 1.54) is 35.7 Å². The van der Waals surface area contributed by atoms with Crippen LogP contribution in [-0.2, 0) is 13.6 Å². The minimum absolute atomic E-state index is 0.00837. The maximum atomic E-state index is 11.7. The Bertz CT molecular complexity index is 1070. The molecule has 0 N–H and O–H groups in total. The van der Waals surface area contributed by atoms with Crippen molar-refractivity contribution in [3.8, 4) is 0 Å². The van der Waals surface area contributed by atoms with Crippen molar-refractivity contribution in [2.75, 3.05) is 5.75 Å². The Balaban J connectivity index is 1.90. The summed E-state index contributed by atoms with van der Waals surface area (Å²) in [6.45, 7) is 32.1. The van der Waals surface area contributed by atoms with Gasteiger partial charge in [-0.1, -0.05) is 96.2 Å². The van der Waals surface area contributed by atoms with Gasteiger partial charge in [-0.2, -0.15) is 0 Å². The van der Waals surface area contributed by atoms with E-state index < -0.39 is 16.6 Å². The smallest absolute Gasteiger partial charge is 0.192 e. The molecule has 226 valence electrons. The lowest BCUT2D eigenvalue weighted by atomic mass is 9.64. The quantitative estimate of drug-likeness (QED) is 0.214. The van der Waals surface area contributed by atoms with Gasteiger partial charge < -0.3 is 8.85 Å². The Morgan fingerprint density at radius 2 is 1.68 bits per heavy atom. The molecule has 0 radical (unpaired) electrons. The third kappa shape index (κ3) is 7.45. The molecular weight excluding hydrogens is 545 g/mol. The molecule has 2 saturated carbocycles. The zero-order chi connectivity index (χ0) is 30.3. The fraction of sp³-hybridized carbons (Fsp3) is 0.735. The lowest BCUT2D eigenvalue weighted by Gasteiger charge is -2.45. The third-order valence-corrected chi connectivity index (χ3v) is 20.8. The van der Waals surface area contributed by atoms with E-state index in [0.717, 1.165) is 37.0 Å². The highest BCUT2D eigenvalue weighted by Gasteiger charge is 2.46. The summed E-state index contributed by atoms with van der Waals surface area (Å²) in [7, 11) is -3.90. The van der Waals surface area contributed by atoms with Gasteiger partial charge in [0.05, 0.1) is 12.2 Å². The molecule has 40 heavy (non-hydrogen) atoms. The second-order valence-corrected chi connectivity index (χ2v) is 26.5. The van der Waals surface area contributed by atoms with Crippen molar-refractivity contribution in [2.45, 2.75) is 142 Å². The van der Waals surface area contributed by atoms with Crippen molar-refractivity contribution in [3.05, 3.63) is 47.1 Å². The van der Waals surface area contributed by atoms with Crippen LogP contribution in [0.1, 0.15) is 93.9 Å². The van der Waals surface area contributed by atoms with Gasteiger partial charge in [0, 0.05) is 19.1 Å². The molecule has 3 rings (SSSR count). The molecule has 0 saturated heterocycles. The second kappa shape index (κ2) is 12.1. The van der Waals surface area contributed by atoms with E-state index >= 15 is 0 Å². The molecule has 2 fully saturated rings. The van der Waals surface area contributed by atoms with Crippen LogP contribution in [0.15, 0.2) is 47.1 Å². The molecule has 0 unspecified atom stereocenters. The van der Waals surface area contributed by atoms with Gasteiger partial charge in [0.15, 0.2) is 21.8 Å². The summed E-state index contributed by atoms with van der Waals surface area (Å²) in [4.78, 5) is 11.7. The first-order valence-electron chi connectivity index (χ1n) is 15.5. The SMILES string of the molecule is C=C1/C(=C\C=C2/CCC[C@]3(C)C(CSC(C)=O)=CC[C@@H]23)C[C@@H](O[Si](C)(C)C(C)(C)C)C[C@@H]1O[Si](C)(C)C(C)(C)C. The molecule has 0 amide bonds. The van der Waals surface area contributed by atoms with Crippen LogP contribution in [0.3, 0.4) is 0 Å². The van der Waals surface area contributed by atoms with Gasteiger partial charge in [0.1, 0.15) is 0 Å². The number of carbonyl (C=O) groups excluding carboxylic acids is 1. The van der Waals surface area contributed by atoms with E-state index in [1.54, 1.807) is 12.5 Å². The number of rotatable bonds is 7. The van der Waals surface area contributed by atoms with Gasteiger partial charge in [-0.3, -0.25) is 4.79 Å². The van der Waals surface area contributed by atoms with Gasteiger partial charge in [0.2, 0.25) is 0 Å². The van der Waals surface area contributed by atoms with E-state index in [-0.39, 0.29) is 32.8 Å². The van der Waals surface area contributed by atoms with Crippen molar-refractivity contribution < 1.29 is 13.6 Å². The highest BCUT2D eigenvalue weighted by atomic mass is 32.2. The summed E-state index contributed by atoms with van der Waals surface area (Å²) in [6.07, 6.45) is 13.9. The average molecular weight is 603 g/mol. The normalized spacial score (nSPS) is 30.6. The summed E-state index contributed by atoms with van der Waals surface area (Å²) in [6, 6.07) is 0. The number of hydrogen-bond donors (Lipinski definition) is 0. The summed E-state index contributed by atoms with van der Waals surface area (Å²) in [5.41, 5.74) is 5.66. The molecule has 3 aliphatic rings. The third-order valence-electron chi connectivity index (χ3n) is 10.9. The van der Waals surface area contributed by atoms with Crippen LogP contribution in [0, 0.1) is 11.3 Å². The van der Waals surface area contributed by atoms with Gasteiger partial charge in [-0.05, 0) is 90.8 Å². The van der Waals surface area contributed by atoms with Crippen LogP contribution in [0.4, 0.5) is 0 Å². The lowest BCUT2D eigenvalue weighted by molar-refractivity contribution is -0.109. The molecule has 3 nitrogen and oxygen atoms in total. The molecule has 0 aromatic carbocycles. The zero-order valence-electron chi connectivity index (χ0n) is 27.8. The number of allylic oxidation sites excluding steroid dienone is 4. The first-order valence-corrected chi connectivity index (χ1v) is 22.3. The average Bonchev–Trinajstić information content (AvgIpc) is 3.13. The molecule has 4 atom stereocenters. The maximum absolute atomic E-state index is 11.7. The number of fused-ring (bicyclic) bond motifs is 1. The van der Waals surface area contributed by atoms with Gasteiger partial charge in [-0.15, -0.1) is 0 Å². The number of thioether (sulfide) groups is 1. The van der Waals surface area contributed by atoms with Crippen LogP contribution in [-0.4, -0.2) is 39.7 Å². The molecule has 0 spiro atoms. The minimum atomic E-state index is -1.98. The topological polar surface area (TPSA) is 35.5 Å². The second-order valence-electron chi connectivity index (χ2n) is 15.8. The molecule has 0 aliphatic heterocycles. The summed E-state index contributed by atoms with van der Waals surface area (Å²) >= 11 is 1.46. The Hall–Kier alpha value is -0.666.